The SMILES string of the molecule is Cc1ccc(C(N)C(C)S(=O)(=O)C(C)C(C)C)cc1. The van der Waals surface area contributed by atoms with Gasteiger partial charge in [0, 0.05) is 6.04 Å². The summed E-state index contributed by atoms with van der Waals surface area (Å²) in [6, 6.07) is 7.26. The van der Waals surface area contributed by atoms with Crippen LogP contribution in [0.2, 0.25) is 0 Å². The van der Waals surface area contributed by atoms with E-state index in [9.17, 15) is 8.42 Å². The molecule has 2 N–H and O–H groups in total. The molecule has 3 atom stereocenters. The molecule has 1 aromatic carbocycles. The molecule has 0 aliphatic carbocycles. The molecular weight excluding hydrogens is 258 g/mol. The second kappa shape index (κ2) is 6.06. The van der Waals surface area contributed by atoms with E-state index in [2.05, 4.69) is 0 Å². The maximum Gasteiger partial charge on any atom is 0.157 e. The van der Waals surface area contributed by atoms with Gasteiger partial charge in [0.05, 0.1) is 10.5 Å². The molecule has 4 heteroatoms. The van der Waals surface area contributed by atoms with Crippen molar-refractivity contribution in [3.05, 3.63) is 35.4 Å². The van der Waals surface area contributed by atoms with E-state index in [4.69, 9.17) is 5.73 Å². The van der Waals surface area contributed by atoms with Gasteiger partial charge in [0.1, 0.15) is 0 Å². The van der Waals surface area contributed by atoms with Crippen LogP contribution in [0.1, 0.15) is 44.9 Å². The molecule has 1 aromatic rings. The maximum absolute atomic E-state index is 12.5. The Bertz CT molecular complexity index is 505. The van der Waals surface area contributed by atoms with Gasteiger partial charge >= 0.3 is 0 Å². The van der Waals surface area contributed by atoms with E-state index in [-0.39, 0.29) is 11.2 Å². The lowest BCUT2D eigenvalue weighted by atomic mass is 10.0. The van der Waals surface area contributed by atoms with Gasteiger partial charge in [-0.25, -0.2) is 8.42 Å². The van der Waals surface area contributed by atoms with E-state index in [1.807, 2.05) is 45.0 Å². The fraction of sp³-hybridized carbons (Fsp3) is 0.600. The van der Waals surface area contributed by atoms with Crippen molar-refractivity contribution in [2.75, 3.05) is 0 Å². The first-order chi connectivity index (χ1) is 8.67. The minimum Gasteiger partial charge on any atom is -0.323 e. The molecule has 0 aromatic heterocycles. The first-order valence-corrected chi connectivity index (χ1v) is 8.33. The van der Waals surface area contributed by atoms with Gasteiger partial charge in [-0.3, -0.25) is 0 Å². The summed E-state index contributed by atoms with van der Waals surface area (Å²) in [6.45, 7) is 9.31. The number of rotatable bonds is 5. The van der Waals surface area contributed by atoms with Crippen LogP contribution in [0.4, 0.5) is 0 Å². The van der Waals surface area contributed by atoms with Crippen molar-refractivity contribution in [2.45, 2.75) is 51.2 Å². The summed E-state index contributed by atoms with van der Waals surface area (Å²) in [7, 11) is -3.22. The second-order valence-corrected chi connectivity index (χ2v) is 8.34. The van der Waals surface area contributed by atoms with Gasteiger partial charge in [-0.2, -0.15) is 0 Å². The fourth-order valence-corrected chi connectivity index (χ4v) is 3.98. The third-order valence-corrected chi connectivity index (χ3v) is 6.85. The third kappa shape index (κ3) is 3.57. The van der Waals surface area contributed by atoms with Crippen molar-refractivity contribution < 1.29 is 8.42 Å². The predicted octanol–water partition coefficient (Wildman–Crippen LogP) is 2.84. The van der Waals surface area contributed by atoms with Gasteiger partial charge in [-0.1, -0.05) is 43.7 Å². The molecule has 1 rings (SSSR count). The standard InChI is InChI=1S/C15H25NO2S/c1-10(2)12(4)19(17,18)13(5)15(16)14-8-6-11(3)7-9-14/h6-10,12-13,15H,16H2,1-5H3. The van der Waals surface area contributed by atoms with Gasteiger partial charge in [0.2, 0.25) is 0 Å². The van der Waals surface area contributed by atoms with E-state index >= 15 is 0 Å². The van der Waals surface area contributed by atoms with Crippen LogP contribution in [-0.4, -0.2) is 18.9 Å². The lowest BCUT2D eigenvalue weighted by molar-refractivity contribution is 0.522. The van der Waals surface area contributed by atoms with Crippen LogP contribution in [0.3, 0.4) is 0 Å². The Labute approximate surface area is 117 Å². The summed E-state index contributed by atoms with van der Waals surface area (Å²) < 4.78 is 24.9. The predicted molar refractivity (Wildman–Crippen MR) is 80.8 cm³/mol. The lowest BCUT2D eigenvalue weighted by Gasteiger charge is -2.26. The number of hydrogen-bond acceptors (Lipinski definition) is 3. The molecule has 0 bridgehead atoms. The Morgan fingerprint density at radius 3 is 1.84 bits per heavy atom. The molecule has 0 radical (unpaired) electrons. The van der Waals surface area contributed by atoms with Gasteiger partial charge in [-0.05, 0) is 32.3 Å². The van der Waals surface area contributed by atoms with E-state index in [1.54, 1.807) is 13.8 Å². The van der Waals surface area contributed by atoms with Crippen LogP contribution in [0, 0.1) is 12.8 Å². The Balaban J connectivity index is 2.99. The van der Waals surface area contributed by atoms with Crippen molar-refractivity contribution in [1.29, 1.82) is 0 Å². The highest BCUT2D eigenvalue weighted by Gasteiger charge is 2.34. The molecule has 19 heavy (non-hydrogen) atoms. The van der Waals surface area contributed by atoms with Crippen molar-refractivity contribution in [3.8, 4) is 0 Å². The van der Waals surface area contributed by atoms with Crippen molar-refractivity contribution >= 4 is 9.84 Å². The van der Waals surface area contributed by atoms with Crippen molar-refractivity contribution in [1.82, 2.24) is 0 Å². The first-order valence-electron chi connectivity index (χ1n) is 6.72. The summed E-state index contributed by atoms with van der Waals surface area (Å²) in [5, 5.41) is -0.952. The molecule has 108 valence electrons. The highest BCUT2D eigenvalue weighted by molar-refractivity contribution is 7.92. The van der Waals surface area contributed by atoms with E-state index in [0.717, 1.165) is 11.1 Å². The lowest BCUT2D eigenvalue weighted by Crippen LogP contribution is -2.38. The molecule has 0 fully saturated rings. The minimum absolute atomic E-state index is 0.0951. The zero-order valence-electron chi connectivity index (χ0n) is 12.4. The molecule has 3 unspecified atom stereocenters. The number of sulfone groups is 1. The van der Waals surface area contributed by atoms with E-state index in [1.165, 1.54) is 0 Å². The van der Waals surface area contributed by atoms with Crippen LogP contribution in [0.15, 0.2) is 24.3 Å². The molecule has 0 heterocycles. The number of benzene rings is 1. The van der Waals surface area contributed by atoms with Gasteiger partial charge in [-0.15, -0.1) is 0 Å². The molecule has 0 aliphatic heterocycles. The minimum atomic E-state index is -3.22. The number of hydrogen-bond donors (Lipinski definition) is 1. The highest BCUT2D eigenvalue weighted by atomic mass is 32.2. The summed E-state index contributed by atoms with van der Waals surface area (Å²) in [4.78, 5) is 0. The largest absolute Gasteiger partial charge is 0.323 e. The van der Waals surface area contributed by atoms with Crippen LogP contribution >= 0.6 is 0 Å². The first kappa shape index (κ1) is 16.2. The van der Waals surface area contributed by atoms with E-state index < -0.39 is 21.1 Å². The van der Waals surface area contributed by atoms with Crippen LogP contribution in [0.5, 0.6) is 0 Å². The molecule has 0 spiro atoms. The van der Waals surface area contributed by atoms with Crippen molar-refractivity contribution in [3.63, 3.8) is 0 Å². The fourth-order valence-electron chi connectivity index (χ4n) is 1.98. The zero-order valence-corrected chi connectivity index (χ0v) is 13.2. The monoisotopic (exact) mass is 283 g/mol. The topological polar surface area (TPSA) is 60.2 Å². The average molecular weight is 283 g/mol. The quantitative estimate of drug-likeness (QED) is 0.904. The number of nitrogens with two attached hydrogens (primary N) is 1. The Kier molecular flexibility index (Phi) is 5.16. The van der Waals surface area contributed by atoms with E-state index in [0.29, 0.717) is 0 Å². The zero-order chi connectivity index (χ0) is 14.8. The third-order valence-electron chi connectivity index (χ3n) is 3.94. The molecule has 3 nitrogen and oxygen atoms in total. The second-order valence-electron chi connectivity index (χ2n) is 5.68. The Morgan fingerprint density at radius 1 is 0.947 bits per heavy atom. The van der Waals surface area contributed by atoms with Gasteiger partial charge < -0.3 is 5.73 Å². The smallest absolute Gasteiger partial charge is 0.157 e. The number of aryl methyl sites for hydroxylation is 1. The molecule has 0 saturated heterocycles. The van der Waals surface area contributed by atoms with Gasteiger partial charge in [0.25, 0.3) is 0 Å². The maximum atomic E-state index is 12.5. The van der Waals surface area contributed by atoms with Gasteiger partial charge in [0.15, 0.2) is 9.84 Å². The highest BCUT2D eigenvalue weighted by Crippen LogP contribution is 2.25. The summed E-state index contributed by atoms with van der Waals surface area (Å²) in [5.74, 6) is 0.0951. The van der Waals surface area contributed by atoms with Crippen molar-refractivity contribution in [2.24, 2.45) is 11.7 Å². The molecule has 0 aliphatic rings. The average Bonchev–Trinajstić information content (AvgIpc) is 2.36. The summed E-state index contributed by atoms with van der Waals surface area (Å²) in [6.07, 6.45) is 0. The Hall–Kier alpha value is -0.870. The molecule has 0 amide bonds. The molecule has 0 saturated carbocycles. The normalized spacial score (nSPS) is 17.2. The van der Waals surface area contributed by atoms with Crippen LogP contribution in [0.25, 0.3) is 0 Å². The molecular formula is C15H25NO2S. The summed E-state index contributed by atoms with van der Waals surface area (Å²) >= 11 is 0. The van der Waals surface area contributed by atoms with Crippen LogP contribution in [-0.2, 0) is 9.84 Å². The summed E-state index contributed by atoms with van der Waals surface area (Å²) in [5.41, 5.74) is 8.15. The van der Waals surface area contributed by atoms with Crippen LogP contribution < -0.4 is 5.73 Å². The Morgan fingerprint density at radius 2 is 1.42 bits per heavy atom.